The van der Waals surface area contributed by atoms with Gasteiger partial charge < -0.3 is 0 Å². The third-order valence-electron chi connectivity index (χ3n) is 5.81. The summed E-state index contributed by atoms with van der Waals surface area (Å²) in [5, 5.41) is 0. The van der Waals surface area contributed by atoms with Gasteiger partial charge in [0.25, 0.3) is 0 Å². The fourth-order valence-electron chi connectivity index (χ4n) is 4.84. The van der Waals surface area contributed by atoms with E-state index >= 15 is 0 Å². The van der Waals surface area contributed by atoms with Gasteiger partial charge in [0, 0.05) is 0 Å². The van der Waals surface area contributed by atoms with Gasteiger partial charge in [0.2, 0.25) is 0 Å². The van der Waals surface area contributed by atoms with E-state index in [2.05, 4.69) is 20.8 Å². The molecule has 2 aliphatic carbocycles. The molecule has 3 unspecified atom stereocenters. The predicted octanol–water partition coefficient (Wildman–Crippen LogP) is 6.06. The van der Waals surface area contributed by atoms with E-state index in [0.717, 1.165) is 29.6 Å². The van der Waals surface area contributed by atoms with Crippen LogP contribution in [0.1, 0.15) is 85.0 Å². The lowest BCUT2D eigenvalue weighted by atomic mass is 9.65. The van der Waals surface area contributed by atoms with Crippen LogP contribution in [0.25, 0.3) is 0 Å². The van der Waals surface area contributed by atoms with Crippen molar-refractivity contribution in [3.63, 3.8) is 0 Å². The van der Waals surface area contributed by atoms with Gasteiger partial charge in [-0.25, -0.2) is 0 Å². The minimum absolute atomic E-state index is 0.897. The van der Waals surface area contributed by atoms with Gasteiger partial charge in [-0.05, 0) is 42.4 Å². The first-order valence-electron chi connectivity index (χ1n) is 8.68. The van der Waals surface area contributed by atoms with Crippen LogP contribution in [0.2, 0.25) is 0 Å². The monoisotopic (exact) mass is 250 g/mol. The lowest BCUT2D eigenvalue weighted by Gasteiger charge is -2.41. The van der Waals surface area contributed by atoms with Crippen molar-refractivity contribution in [2.45, 2.75) is 85.0 Å². The summed E-state index contributed by atoms with van der Waals surface area (Å²) in [6, 6.07) is 0. The Labute approximate surface area is 115 Å². The van der Waals surface area contributed by atoms with Gasteiger partial charge in [-0.2, -0.15) is 0 Å². The molecule has 2 rings (SSSR count). The molecule has 0 spiro atoms. The number of rotatable bonds is 4. The highest BCUT2D eigenvalue weighted by Gasteiger charge is 2.33. The Morgan fingerprint density at radius 1 is 0.778 bits per heavy atom. The zero-order chi connectivity index (χ0) is 13.0. The van der Waals surface area contributed by atoms with Crippen LogP contribution in [0.3, 0.4) is 0 Å². The normalized spacial score (nSPS) is 32.7. The molecule has 0 aliphatic heterocycles. The van der Waals surface area contributed by atoms with Crippen molar-refractivity contribution in [3.8, 4) is 0 Å². The van der Waals surface area contributed by atoms with Crippen LogP contribution < -0.4 is 0 Å². The summed E-state index contributed by atoms with van der Waals surface area (Å²) >= 11 is 0. The van der Waals surface area contributed by atoms with Crippen molar-refractivity contribution < 1.29 is 0 Å². The SMILES string of the molecule is CC(C)CC1CCCCC1C(C)C1CCCCC1. The highest BCUT2D eigenvalue weighted by atomic mass is 14.4. The fraction of sp³-hybridized carbons (Fsp3) is 1.00. The van der Waals surface area contributed by atoms with Gasteiger partial charge in [-0.3, -0.25) is 0 Å². The van der Waals surface area contributed by atoms with E-state index in [0.29, 0.717) is 0 Å². The Kier molecular flexibility index (Phi) is 5.57. The minimum atomic E-state index is 0.897. The second-order valence-corrected chi connectivity index (χ2v) is 7.60. The maximum atomic E-state index is 2.60. The molecule has 0 amide bonds. The molecule has 0 heteroatoms. The molecule has 0 saturated heterocycles. The molecule has 0 bridgehead atoms. The Morgan fingerprint density at radius 2 is 1.39 bits per heavy atom. The zero-order valence-electron chi connectivity index (χ0n) is 13.0. The Morgan fingerprint density at radius 3 is 2.06 bits per heavy atom. The smallest absolute Gasteiger partial charge is 0.0357 e. The van der Waals surface area contributed by atoms with E-state index in [4.69, 9.17) is 0 Å². The van der Waals surface area contributed by atoms with Crippen molar-refractivity contribution in [2.75, 3.05) is 0 Å². The molecule has 2 fully saturated rings. The van der Waals surface area contributed by atoms with Crippen molar-refractivity contribution in [1.82, 2.24) is 0 Å². The third-order valence-corrected chi connectivity index (χ3v) is 5.81. The first-order chi connectivity index (χ1) is 8.68. The van der Waals surface area contributed by atoms with Crippen molar-refractivity contribution in [3.05, 3.63) is 0 Å². The lowest BCUT2D eigenvalue weighted by molar-refractivity contribution is 0.0940. The third kappa shape index (κ3) is 3.75. The first kappa shape index (κ1) is 14.4. The molecular formula is C18H34. The van der Waals surface area contributed by atoms with Gasteiger partial charge in [0.05, 0.1) is 0 Å². The van der Waals surface area contributed by atoms with Crippen LogP contribution in [0.5, 0.6) is 0 Å². The highest BCUT2D eigenvalue weighted by molar-refractivity contribution is 4.84. The van der Waals surface area contributed by atoms with E-state index in [9.17, 15) is 0 Å². The van der Waals surface area contributed by atoms with Crippen LogP contribution in [0, 0.1) is 29.6 Å². The van der Waals surface area contributed by atoms with E-state index in [1.807, 2.05) is 0 Å². The van der Waals surface area contributed by atoms with Crippen molar-refractivity contribution in [2.24, 2.45) is 29.6 Å². The average molecular weight is 250 g/mol. The average Bonchev–Trinajstić information content (AvgIpc) is 2.39. The number of hydrogen-bond donors (Lipinski definition) is 0. The fourth-order valence-corrected chi connectivity index (χ4v) is 4.84. The summed E-state index contributed by atoms with van der Waals surface area (Å²) < 4.78 is 0. The van der Waals surface area contributed by atoms with E-state index in [1.165, 1.54) is 64.2 Å². The molecule has 2 saturated carbocycles. The van der Waals surface area contributed by atoms with Gasteiger partial charge in [-0.15, -0.1) is 0 Å². The van der Waals surface area contributed by atoms with E-state index < -0.39 is 0 Å². The summed E-state index contributed by atoms with van der Waals surface area (Å²) in [5.74, 6) is 5.08. The maximum Gasteiger partial charge on any atom is -0.0357 e. The van der Waals surface area contributed by atoms with Crippen molar-refractivity contribution >= 4 is 0 Å². The molecular weight excluding hydrogens is 216 g/mol. The molecule has 3 atom stereocenters. The van der Waals surface area contributed by atoms with Gasteiger partial charge in [-0.1, -0.05) is 72.1 Å². The second kappa shape index (κ2) is 6.96. The van der Waals surface area contributed by atoms with Crippen LogP contribution in [0.4, 0.5) is 0 Å². The Hall–Kier alpha value is 0. The quantitative estimate of drug-likeness (QED) is 0.569. The van der Waals surface area contributed by atoms with Crippen LogP contribution in [-0.4, -0.2) is 0 Å². The van der Waals surface area contributed by atoms with Crippen LogP contribution >= 0.6 is 0 Å². The molecule has 2 aliphatic rings. The molecule has 0 aromatic rings. The predicted molar refractivity (Wildman–Crippen MR) is 80.6 cm³/mol. The lowest BCUT2D eigenvalue weighted by Crippen LogP contribution is -2.31. The molecule has 0 nitrogen and oxygen atoms in total. The molecule has 0 N–H and O–H groups in total. The van der Waals surface area contributed by atoms with Gasteiger partial charge in [0.15, 0.2) is 0 Å². The second-order valence-electron chi connectivity index (χ2n) is 7.60. The first-order valence-corrected chi connectivity index (χ1v) is 8.68. The Balaban J connectivity index is 1.93. The molecule has 0 radical (unpaired) electrons. The summed E-state index contributed by atoms with van der Waals surface area (Å²) in [7, 11) is 0. The van der Waals surface area contributed by atoms with E-state index in [-0.39, 0.29) is 0 Å². The number of hydrogen-bond acceptors (Lipinski definition) is 0. The summed E-state index contributed by atoms with van der Waals surface area (Å²) in [6.07, 6.45) is 15.2. The maximum absolute atomic E-state index is 2.60. The molecule has 18 heavy (non-hydrogen) atoms. The molecule has 0 aromatic carbocycles. The minimum Gasteiger partial charge on any atom is -0.0628 e. The zero-order valence-corrected chi connectivity index (χ0v) is 13.0. The van der Waals surface area contributed by atoms with Gasteiger partial charge >= 0.3 is 0 Å². The molecule has 0 heterocycles. The van der Waals surface area contributed by atoms with E-state index in [1.54, 1.807) is 0 Å². The van der Waals surface area contributed by atoms with Gasteiger partial charge in [0.1, 0.15) is 0 Å². The summed E-state index contributed by atoms with van der Waals surface area (Å²) in [6.45, 7) is 7.42. The van der Waals surface area contributed by atoms with Crippen molar-refractivity contribution in [1.29, 1.82) is 0 Å². The largest absolute Gasteiger partial charge is 0.0628 e. The highest BCUT2D eigenvalue weighted by Crippen LogP contribution is 2.44. The molecule has 0 aromatic heterocycles. The Bertz CT molecular complexity index is 224. The standard InChI is InChI=1S/C18H34/c1-14(2)13-17-11-7-8-12-18(17)15(3)16-9-5-4-6-10-16/h14-18H,4-13H2,1-3H3. The summed E-state index contributed by atoms with van der Waals surface area (Å²) in [5.41, 5.74) is 0. The van der Waals surface area contributed by atoms with Crippen LogP contribution in [-0.2, 0) is 0 Å². The summed E-state index contributed by atoms with van der Waals surface area (Å²) in [4.78, 5) is 0. The van der Waals surface area contributed by atoms with Crippen LogP contribution in [0.15, 0.2) is 0 Å². The topological polar surface area (TPSA) is 0 Å². The molecule has 106 valence electrons.